The summed E-state index contributed by atoms with van der Waals surface area (Å²) in [7, 11) is -3.86. The van der Waals surface area contributed by atoms with Crippen molar-refractivity contribution in [3.63, 3.8) is 0 Å². The smallest absolute Gasteiger partial charge is 0.243 e. The van der Waals surface area contributed by atoms with Gasteiger partial charge in [0.25, 0.3) is 0 Å². The van der Waals surface area contributed by atoms with Crippen molar-refractivity contribution >= 4 is 22.0 Å². The Kier molecular flexibility index (Phi) is 7.34. The van der Waals surface area contributed by atoms with Gasteiger partial charge in [-0.15, -0.1) is 0 Å². The van der Waals surface area contributed by atoms with Crippen molar-refractivity contribution in [1.29, 1.82) is 0 Å². The van der Waals surface area contributed by atoms with Crippen molar-refractivity contribution in [2.24, 2.45) is 5.41 Å². The molecule has 1 fully saturated rings. The summed E-state index contributed by atoms with van der Waals surface area (Å²) < 4.78 is 44.7. The molecule has 1 aliphatic carbocycles. The van der Waals surface area contributed by atoms with Crippen LogP contribution in [0.5, 0.6) is 0 Å². The molecule has 0 bridgehead atoms. The van der Waals surface area contributed by atoms with Crippen LogP contribution in [0.4, 0.5) is 4.39 Å². The topological polar surface area (TPSA) is 84.3 Å². The molecule has 1 aromatic heterocycles. The highest BCUT2D eigenvalue weighted by Crippen LogP contribution is 2.45. The molecular weight excluding hydrogens is 563 g/mol. The molecule has 2 aliphatic rings. The predicted molar refractivity (Wildman–Crippen MR) is 164 cm³/mol. The van der Waals surface area contributed by atoms with E-state index in [1.54, 1.807) is 35.1 Å². The van der Waals surface area contributed by atoms with Gasteiger partial charge >= 0.3 is 0 Å². The second-order valence-corrected chi connectivity index (χ2v) is 14.3. The van der Waals surface area contributed by atoms with Crippen molar-refractivity contribution in [3.05, 3.63) is 119 Å². The minimum atomic E-state index is -3.86. The molecule has 43 heavy (non-hydrogen) atoms. The lowest BCUT2D eigenvalue weighted by molar-refractivity contribution is -0.130. The van der Waals surface area contributed by atoms with E-state index in [0.717, 1.165) is 28.0 Å². The number of carbonyl (C=O) groups is 1. The molecule has 9 heteroatoms. The van der Waals surface area contributed by atoms with Crippen LogP contribution in [0.1, 0.15) is 49.6 Å². The first-order valence-corrected chi connectivity index (χ1v) is 15.9. The second-order valence-electron chi connectivity index (χ2n) is 12.4. The fraction of sp³-hybridized carbons (Fsp3) is 0.294. The first-order valence-electron chi connectivity index (χ1n) is 14.4. The van der Waals surface area contributed by atoms with Gasteiger partial charge in [0.1, 0.15) is 5.82 Å². The average molecular weight is 599 g/mol. The minimum absolute atomic E-state index is 0.0178. The van der Waals surface area contributed by atoms with Crippen molar-refractivity contribution in [1.82, 2.24) is 19.4 Å². The quantitative estimate of drug-likeness (QED) is 0.311. The van der Waals surface area contributed by atoms with Crippen LogP contribution >= 0.6 is 0 Å². The fourth-order valence-electron chi connectivity index (χ4n) is 6.03. The van der Waals surface area contributed by atoms with Gasteiger partial charge < -0.3 is 5.32 Å². The maximum absolute atomic E-state index is 14.2. The number of sulfonamides is 1. The van der Waals surface area contributed by atoms with Crippen LogP contribution in [0.15, 0.2) is 95.5 Å². The Balaban J connectivity index is 1.36. The highest BCUT2D eigenvalue weighted by Gasteiger charge is 2.50. The summed E-state index contributed by atoms with van der Waals surface area (Å²) in [5.41, 5.74) is 4.02. The Hall–Kier alpha value is -4.08. The molecule has 0 unspecified atom stereocenters. The summed E-state index contributed by atoms with van der Waals surface area (Å²) in [6.45, 7) is 6.86. The second kappa shape index (κ2) is 10.9. The number of aromatic nitrogens is 2. The Morgan fingerprint density at radius 3 is 2.37 bits per heavy atom. The monoisotopic (exact) mass is 598 g/mol. The summed E-state index contributed by atoms with van der Waals surface area (Å²) in [4.78, 5) is 14.4. The Morgan fingerprint density at radius 1 is 1.00 bits per heavy atom. The first kappa shape index (κ1) is 29.0. The number of amides is 1. The van der Waals surface area contributed by atoms with E-state index in [0.29, 0.717) is 25.1 Å². The minimum Gasteiger partial charge on any atom is -0.351 e. The van der Waals surface area contributed by atoms with Gasteiger partial charge in [0.15, 0.2) is 0 Å². The summed E-state index contributed by atoms with van der Waals surface area (Å²) in [5, 5.41) is 7.67. The molecule has 4 aromatic rings. The van der Waals surface area contributed by atoms with Crippen LogP contribution in [-0.2, 0) is 33.2 Å². The normalized spacial score (nSPS) is 18.8. The zero-order valence-corrected chi connectivity index (χ0v) is 25.4. The fourth-order valence-corrected chi connectivity index (χ4v) is 7.53. The van der Waals surface area contributed by atoms with Crippen LogP contribution in [-0.4, -0.2) is 41.5 Å². The highest BCUT2D eigenvalue weighted by atomic mass is 32.2. The van der Waals surface area contributed by atoms with E-state index in [-0.39, 0.29) is 35.1 Å². The largest absolute Gasteiger partial charge is 0.351 e. The van der Waals surface area contributed by atoms with E-state index >= 15 is 0 Å². The third kappa shape index (κ3) is 5.43. The Labute approximate surface area is 252 Å². The number of rotatable bonds is 6. The number of hydrogen-bond acceptors (Lipinski definition) is 4. The van der Waals surface area contributed by atoms with Gasteiger partial charge in [-0.25, -0.2) is 17.5 Å². The van der Waals surface area contributed by atoms with Gasteiger partial charge in [0.05, 0.1) is 27.9 Å². The summed E-state index contributed by atoms with van der Waals surface area (Å²) in [5.74, 6) is -0.551. The zero-order chi connectivity index (χ0) is 30.4. The molecule has 222 valence electrons. The number of nitrogens with zero attached hydrogens (tertiary/aromatic N) is 3. The van der Waals surface area contributed by atoms with E-state index in [9.17, 15) is 17.6 Å². The van der Waals surface area contributed by atoms with E-state index in [4.69, 9.17) is 0 Å². The molecule has 0 spiro atoms. The van der Waals surface area contributed by atoms with Crippen molar-refractivity contribution < 1.29 is 17.6 Å². The number of piperidine rings is 1. The van der Waals surface area contributed by atoms with E-state index in [1.165, 1.54) is 16.4 Å². The number of hydrogen-bond donors (Lipinski definition) is 1. The Morgan fingerprint density at radius 2 is 1.70 bits per heavy atom. The van der Waals surface area contributed by atoms with E-state index in [2.05, 4.69) is 31.2 Å². The van der Waals surface area contributed by atoms with E-state index < -0.39 is 15.4 Å². The maximum Gasteiger partial charge on any atom is 0.243 e. The summed E-state index contributed by atoms with van der Waals surface area (Å²) in [6.07, 6.45) is 4.38. The van der Waals surface area contributed by atoms with Crippen molar-refractivity contribution in [2.45, 2.75) is 50.5 Å². The zero-order valence-electron chi connectivity index (χ0n) is 24.5. The van der Waals surface area contributed by atoms with Crippen LogP contribution in [0.3, 0.4) is 0 Å². The van der Waals surface area contributed by atoms with Gasteiger partial charge in [-0.2, -0.15) is 9.40 Å². The van der Waals surface area contributed by atoms with Crippen LogP contribution in [0, 0.1) is 11.2 Å². The highest BCUT2D eigenvalue weighted by molar-refractivity contribution is 7.89. The summed E-state index contributed by atoms with van der Waals surface area (Å²) >= 11 is 0. The molecule has 1 amide bonds. The standard InChI is InChI=1S/C34H35FN4O3S/c1-33(2,3)26-9-15-30(16-10-26)43(41,42)38-18-17-27-19-31-25(22-37-39(31)29-13-11-28(35)12-14-29)20-34(27,23-38)32(40)36-21-24-7-5-4-6-8-24/h4-16,19,22H,17-18,20-21,23H2,1-3H3,(H,36,40)/t34-/m0/s1. The number of fused-ring (bicyclic) bond motifs is 2. The molecule has 1 saturated heterocycles. The molecular formula is C34H35FN4O3S. The van der Waals surface area contributed by atoms with Gasteiger partial charge in [-0.05, 0) is 83.0 Å². The van der Waals surface area contributed by atoms with Crippen LogP contribution in [0.25, 0.3) is 11.8 Å². The third-order valence-electron chi connectivity index (χ3n) is 8.54. The molecule has 3 aromatic carbocycles. The molecule has 1 aliphatic heterocycles. The first-order chi connectivity index (χ1) is 20.5. The SMILES string of the molecule is CC(C)(C)c1ccc(S(=O)(=O)N2CCC3=Cc4c(cnn4-c4ccc(F)cc4)C[C@]3(C(=O)NCc3ccccc3)C2)cc1. The number of benzene rings is 3. The van der Waals surface area contributed by atoms with Crippen LogP contribution < -0.4 is 5.32 Å². The Bertz CT molecular complexity index is 1790. The molecule has 1 N–H and O–H groups in total. The van der Waals surface area contributed by atoms with Gasteiger partial charge in [-0.3, -0.25) is 4.79 Å². The van der Waals surface area contributed by atoms with Gasteiger partial charge in [0.2, 0.25) is 15.9 Å². The van der Waals surface area contributed by atoms with Gasteiger partial charge in [0, 0.05) is 19.6 Å². The lowest BCUT2D eigenvalue weighted by Crippen LogP contribution is -2.56. The molecule has 0 saturated carbocycles. The van der Waals surface area contributed by atoms with Crippen molar-refractivity contribution in [2.75, 3.05) is 13.1 Å². The third-order valence-corrected chi connectivity index (χ3v) is 10.4. The molecule has 2 heterocycles. The lowest BCUT2D eigenvalue weighted by atomic mass is 9.68. The number of carbonyl (C=O) groups excluding carboxylic acids is 1. The molecule has 1 atom stereocenters. The average Bonchev–Trinajstić information content (AvgIpc) is 3.41. The predicted octanol–water partition coefficient (Wildman–Crippen LogP) is 5.65. The molecule has 0 radical (unpaired) electrons. The van der Waals surface area contributed by atoms with Gasteiger partial charge in [-0.1, -0.05) is 63.2 Å². The van der Waals surface area contributed by atoms with Crippen LogP contribution in [0.2, 0.25) is 0 Å². The lowest BCUT2D eigenvalue weighted by Gasteiger charge is -2.44. The maximum atomic E-state index is 14.2. The van der Waals surface area contributed by atoms with Crippen molar-refractivity contribution in [3.8, 4) is 5.69 Å². The number of nitrogens with one attached hydrogen (secondary N) is 1. The molecule has 6 rings (SSSR count). The molecule has 7 nitrogen and oxygen atoms in total. The summed E-state index contributed by atoms with van der Waals surface area (Å²) in [6, 6.07) is 22.8. The van der Waals surface area contributed by atoms with E-state index in [1.807, 2.05) is 48.5 Å². The number of halogens is 1.